The van der Waals surface area contributed by atoms with Crippen LogP contribution in [0.15, 0.2) is 29.4 Å². The van der Waals surface area contributed by atoms with Crippen LogP contribution in [0.3, 0.4) is 0 Å². The van der Waals surface area contributed by atoms with Crippen molar-refractivity contribution in [3.05, 3.63) is 29.8 Å². The Hall–Kier alpha value is -2.24. The Balaban J connectivity index is 2.45. The molecule has 0 unspecified atom stereocenters. The molecule has 0 spiro atoms. The minimum Gasteiger partial charge on any atom is -0.497 e. The molecule has 0 bridgehead atoms. The number of amidine groups is 1. The third-order valence-corrected chi connectivity index (χ3v) is 2.12. The Morgan fingerprint density at radius 1 is 1.47 bits per heavy atom. The van der Waals surface area contributed by atoms with Gasteiger partial charge < -0.3 is 21.0 Å². The summed E-state index contributed by atoms with van der Waals surface area (Å²) in [5.41, 5.74) is 6.08. The highest BCUT2D eigenvalue weighted by molar-refractivity contribution is 5.87. The van der Waals surface area contributed by atoms with Crippen molar-refractivity contribution in [1.82, 2.24) is 5.32 Å². The normalized spacial score (nSPS) is 11.0. The largest absolute Gasteiger partial charge is 0.497 e. The Bertz CT molecular complexity index is 401. The van der Waals surface area contributed by atoms with E-state index in [0.717, 1.165) is 11.3 Å². The number of amides is 1. The smallest absolute Gasteiger partial charge is 0.224 e. The van der Waals surface area contributed by atoms with Gasteiger partial charge in [0.05, 0.1) is 20.1 Å². The Kier molecular flexibility index (Phi) is 4.80. The number of nitrogens with one attached hydrogen (secondary N) is 1. The van der Waals surface area contributed by atoms with Gasteiger partial charge in [0.15, 0.2) is 5.84 Å². The molecule has 0 aliphatic rings. The summed E-state index contributed by atoms with van der Waals surface area (Å²) in [5, 5.41) is 13.6. The zero-order valence-electron chi connectivity index (χ0n) is 9.51. The highest BCUT2D eigenvalue weighted by Crippen LogP contribution is 2.11. The number of oxime groups is 1. The summed E-state index contributed by atoms with van der Waals surface area (Å²) in [4.78, 5) is 11.5. The maximum Gasteiger partial charge on any atom is 0.224 e. The fraction of sp³-hybridized carbons (Fsp3) is 0.273. The molecule has 0 radical (unpaired) electrons. The lowest BCUT2D eigenvalue weighted by Crippen LogP contribution is -2.34. The number of carbonyl (C=O) groups excluding carboxylic acids is 1. The maximum atomic E-state index is 11.5. The minimum absolute atomic E-state index is 0.0332. The van der Waals surface area contributed by atoms with E-state index in [-0.39, 0.29) is 24.7 Å². The van der Waals surface area contributed by atoms with Gasteiger partial charge in [-0.05, 0) is 17.7 Å². The number of ether oxygens (including phenoxy) is 1. The first kappa shape index (κ1) is 12.8. The number of hydrogen-bond acceptors (Lipinski definition) is 4. The van der Waals surface area contributed by atoms with Crippen LogP contribution in [0.5, 0.6) is 5.75 Å². The van der Waals surface area contributed by atoms with Crippen LogP contribution in [0.1, 0.15) is 5.56 Å². The minimum atomic E-state index is -0.193. The predicted octanol–water partition coefficient (Wildman–Crippen LogP) is 0.100. The summed E-state index contributed by atoms with van der Waals surface area (Å²) >= 11 is 0. The van der Waals surface area contributed by atoms with Crippen LogP contribution in [0, 0.1) is 0 Å². The number of carbonyl (C=O) groups is 1. The van der Waals surface area contributed by atoms with Gasteiger partial charge in [-0.15, -0.1) is 0 Å². The number of rotatable bonds is 5. The standard InChI is InChI=1S/C11H15N3O3/c1-17-9-4-2-8(3-5-9)6-11(15)13-7-10(12)14-16/h2-5,16H,6-7H2,1H3,(H2,12,14)(H,13,15). The van der Waals surface area contributed by atoms with Crippen molar-refractivity contribution in [2.75, 3.05) is 13.7 Å². The predicted molar refractivity (Wildman–Crippen MR) is 63.1 cm³/mol. The molecular weight excluding hydrogens is 222 g/mol. The van der Waals surface area contributed by atoms with E-state index in [1.165, 1.54) is 0 Å². The van der Waals surface area contributed by atoms with E-state index < -0.39 is 0 Å². The number of nitrogens with two attached hydrogens (primary N) is 1. The van der Waals surface area contributed by atoms with Crippen molar-refractivity contribution in [2.24, 2.45) is 10.9 Å². The van der Waals surface area contributed by atoms with Crippen LogP contribution in [-0.2, 0) is 11.2 Å². The molecule has 0 saturated heterocycles. The number of nitrogens with zero attached hydrogens (tertiary/aromatic N) is 1. The molecule has 0 fully saturated rings. The molecular formula is C11H15N3O3. The Morgan fingerprint density at radius 2 is 2.12 bits per heavy atom. The van der Waals surface area contributed by atoms with Crippen molar-refractivity contribution in [2.45, 2.75) is 6.42 Å². The van der Waals surface area contributed by atoms with E-state index in [2.05, 4.69) is 10.5 Å². The molecule has 1 rings (SSSR count). The van der Waals surface area contributed by atoms with Gasteiger partial charge in [-0.3, -0.25) is 4.79 Å². The van der Waals surface area contributed by atoms with E-state index >= 15 is 0 Å². The van der Waals surface area contributed by atoms with Gasteiger partial charge in [0.1, 0.15) is 5.75 Å². The van der Waals surface area contributed by atoms with Crippen LogP contribution in [0.4, 0.5) is 0 Å². The average Bonchev–Trinajstić information content (AvgIpc) is 2.36. The topological polar surface area (TPSA) is 96.9 Å². The molecule has 0 heterocycles. The van der Waals surface area contributed by atoms with Gasteiger partial charge in [-0.1, -0.05) is 17.3 Å². The van der Waals surface area contributed by atoms with Gasteiger partial charge in [-0.2, -0.15) is 0 Å². The molecule has 0 aliphatic heterocycles. The van der Waals surface area contributed by atoms with Gasteiger partial charge >= 0.3 is 0 Å². The molecule has 0 aliphatic carbocycles. The van der Waals surface area contributed by atoms with E-state index in [4.69, 9.17) is 15.7 Å². The first-order valence-corrected chi connectivity index (χ1v) is 5.01. The molecule has 17 heavy (non-hydrogen) atoms. The molecule has 92 valence electrons. The van der Waals surface area contributed by atoms with E-state index in [9.17, 15) is 4.79 Å². The fourth-order valence-corrected chi connectivity index (χ4v) is 1.22. The summed E-state index contributed by atoms with van der Waals surface area (Å²) < 4.78 is 5.01. The quantitative estimate of drug-likeness (QED) is 0.293. The summed E-state index contributed by atoms with van der Waals surface area (Å²) in [6, 6.07) is 7.18. The van der Waals surface area contributed by atoms with Gasteiger partial charge in [0, 0.05) is 0 Å². The van der Waals surface area contributed by atoms with E-state index in [1.54, 1.807) is 19.2 Å². The maximum absolute atomic E-state index is 11.5. The third-order valence-electron chi connectivity index (χ3n) is 2.12. The van der Waals surface area contributed by atoms with Gasteiger partial charge in [-0.25, -0.2) is 0 Å². The molecule has 1 aromatic carbocycles. The lowest BCUT2D eigenvalue weighted by Gasteiger charge is -2.05. The molecule has 1 aromatic rings. The molecule has 1 amide bonds. The summed E-state index contributed by atoms with van der Waals surface area (Å²) in [7, 11) is 1.58. The molecule has 4 N–H and O–H groups in total. The summed E-state index contributed by atoms with van der Waals surface area (Å²) in [6.45, 7) is 0.0332. The first-order chi connectivity index (χ1) is 8.15. The van der Waals surface area contributed by atoms with Crippen LogP contribution < -0.4 is 15.8 Å². The zero-order valence-corrected chi connectivity index (χ0v) is 9.51. The summed E-state index contributed by atoms with van der Waals surface area (Å²) in [5.74, 6) is 0.515. The second kappa shape index (κ2) is 6.37. The lowest BCUT2D eigenvalue weighted by atomic mass is 10.1. The molecule has 0 saturated carbocycles. The summed E-state index contributed by atoms with van der Waals surface area (Å²) in [6.07, 6.45) is 0.239. The Labute approximate surface area is 99.1 Å². The van der Waals surface area contributed by atoms with Crippen LogP contribution in [0.25, 0.3) is 0 Å². The van der Waals surface area contributed by atoms with Crippen molar-refractivity contribution < 1.29 is 14.7 Å². The van der Waals surface area contributed by atoms with Crippen molar-refractivity contribution in [3.8, 4) is 5.75 Å². The number of benzene rings is 1. The molecule has 6 heteroatoms. The van der Waals surface area contributed by atoms with Crippen molar-refractivity contribution in [3.63, 3.8) is 0 Å². The molecule has 0 atom stereocenters. The second-order valence-corrected chi connectivity index (χ2v) is 3.39. The van der Waals surface area contributed by atoms with Gasteiger partial charge in [0.25, 0.3) is 0 Å². The lowest BCUT2D eigenvalue weighted by molar-refractivity contribution is -0.120. The second-order valence-electron chi connectivity index (χ2n) is 3.39. The van der Waals surface area contributed by atoms with Crippen LogP contribution in [0.2, 0.25) is 0 Å². The van der Waals surface area contributed by atoms with Crippen LogP contribution in [-0.4, -0.2) is 30.6 Å². The van der Waals surface area contributed by atoms with Crippen molar-refractivity contribution >= 4 is 11.7 Å². The zero-order chi connectivity index (χ0) is 12.7. The average molecular weight is 237 g/mol. The first-order valence-electron chi connectivity index (χ1n) is 5.01. The third kappa shape index (κ3) is 4.42. The number of methoxy groups -OCH3 is 1. The van der Waals surface area contributed by atoms with Crippen LogP contribution >= 0.6 is 0 Å². The SMILES string of the molecule is COc1ccc(CC(=O)NC/C(N)=N/O)cc1. The van der Waals surface area contributed by atoms with Crippen molar-refractivity contribution in [1.29, 1.82) is 0 Å². The highest BCUT2D eigenvalue weighted by atomic mass is 16.5. The monoisotopic (exact) mass is 237 g/mol. The molecule has 0 aromatic heterocycles. The molecule has 6 nitrogen and oxygen atoms in total. The van der Waals surface area contributed by atoms with E-state index in [1.807, 2.05) is 12.1 Å². The fourth-order valence-electron chi connectivity index (χ4n) is 1.22. The van der Waals surface area contributed by atoms with E-state index in [0.29, 0.717) is 0 Å². The number of hydrogen-bond donors (Lipinski definition) is 3. The van der Waals surface area contributed by atoms with Gasteiger partial charge in [0.2, 0.25) is 5.91 Å². The Morgan fingerprint density at radius 3 is 2.65 bits per heavy atom. The highest BCUT2D eigenvalue weighted by Gasteiger charge is 2.04.